The van der Waals surface area contributed by atoms with E-state index in [1.54, 1.807) is 12.1 Å². The first-order chi connectivity index (χ1) is 21.5. The van der Waals surface area contributed by atoms with E-state index in [2.05, 4.69) is 26.2 Å². The van der Waals surface area contributed by atoms with E-state index in [0.29, 0.717) is 30.2 Å². The molecule has 1 saturated heterocycles. The van der Waals surface area contributed by atoms with Crippen molar-refractivity contribution in [1.82, 2.24) is 20.9 Å². The van der Waals surface area contributed by atoms with E-state index in [0.717, 1.165) is 37.1 Å². The Labute approximate surface area is 268 Å². The number of nitrogens with one attached hydrogen (secondary N) is 4. The number of aliphatic hydroxyl groups excluding tert-OH is 1. The van der Waals surface area contributed by atoms with Crippen LogP contribution in [0.3, 0.4) is 0 Å². The largest absolute Gasteiger partial charge is 0.390 e. The number of rotatable bonds is 12. The molecule has 1 saturated carbocycles. The van der Waals surface area contributed by atoms with Crippen molar-refractivity contribution < 1.29 is 19.5 Å². The molecule has 2 aromatic carbocycles. The first-order valence-electron chi connectivity index (χ1n) is 16.6. The van der Waals surface area contributed by atoms with E-state index in [4.69, 9.17) is 0 Å². The molecule has 1 aliphatic heterocycles. The van der Waals surface area contributed by atoms with Crippen molar-refractivity contribution in [3.8, 4) is 0 Å². The van der Waals surface area contributed by atoms with Gasteiger partial charge in [0.2, 0.25) is 11.8 Å². The topological polar surface area (TPSA) is 123 Å². The van der Waals surface area contributed by atoms with Gasteiger partial charge in [-0.1, -0.05) is 56.5 Å². The number of likely N-dealkylation sites (tertiary alicyclic amines) is 1. The Balaban J connectivity index is 1.50. The molecule has 1 heterocycles. The number of amides is 3. The standard InChI is InChI=1S/C36H53N5O4/c1-6-29(38-33(43)25-16-18-28(37-5)19-17-25)34(44)39-30(20-24-12-8-7-9-13-24)32(42)23-41-22-27-15-11-10-14-26(27)21-31(41)35(45)40-36(2,3)4/h7-9,12-13,16-19,26-27,29-32,37,42H,6,10-11,14-15,20-23H2,1-5H3,(H,38,43)(H,39,44)(H,40,45)/t26-,27?,29-,30-,31-,32+/m0/s1. The van der Waals surface area contributed by atoms with Crippen LogP contribution in [-0.4, -0.2) is 77.6 Å². The summed E-state index contributed by atoms with van der Waals surface area (Å²) in [6, 6.07) is 15.1. The lowest BCUT2D eigenvalue weighted by Gasteiger charge is -2.47. The molecule has 9 heteroatoms. The van der Waals surface area contributed by atoms with Gasteiger partial charge in [-0.25, -0.2) is 0 Å². The van der Waals surface area contributed by atoms with Gasteiger partial charge < -0.3 is 26.4 Å². The summed E-state index contributed by atoms with van der Waals surface area (Å²) in [5.41, 5.74) is 1.98. The first-order valence-corrected chi connectivity index (χ1v) is 16.6. The molecule has 0 spiro atoms. The Morgan fingerprint density at radius 1 is 0.956 bits per heavy atom. The maximum atomic E-state index is 13.6. The van der Waals surface area contributed by atoms with Gasteiger partial charge in [0.1, 0.15) is 6.04 Å². The highest BCUT2D eigenvalue weighted by atomic mass is 16.3. The van der Waals surface area contributed by atoms with E-state index in [-0.39, 0.29) is 35.8 Å². The molecule has 2 aliphatic rings. The summed E-state index contributed by atoms with van der Waals surface area (Å²) in [6.07, 6.45) is 5.37. The Bertz CT molecular complexity index is 1260. The quantitative estimate of drug-likeness (QED) is 0.244. The predicted molar refractivity (Wildman–Crippen MR) is 179 cm³/mol. The SMILES string of the molecule is CC[C@H](NC(=O)c1ccc(NC)cc1)C(=O)N[C@@H](Cc1ccccc1)[C@H](O)CN1CC2CCCC[C@H]2C[C@H]1C(=O)NC(C)(C)C. The lowest BCUT2D eigenvalue weighted by molar-refractivity contribution is -0.133. The minimum atomic E-state index is -0.929. The van der Waals surface area contributed by atoms with Crippen molar-refractivity contribution in [2.75, 3.05) is 25.5 Å². The second-order valence-electron chi connectivity index (χ2n) is 13.9. The first kappa shape index (κ1) is 34.4. The summed E-state index contributed by atoms with van der Waals surface area (Å²) < 4.78 is 0. The maximum Gasteiger partial charge on any atom is 0.251 e. The molecule has 4 rings (SSSR count). The zero-order chi connectivity index (χ0) is 32.6. The van der Waals surface area contributed by atoms with Crippen molar-refractivity contribution in [2.24, 2.45) is 11.8 Å². The van der Waals surface area contributed by atoms with Crippen LogP contribution >= 0.6 is 0 Å². The zero-order valence-corrected chi connectivity index (χ0v) is 27.6. The zero-order valence-electron chi connectivity index (χ0n) is 27.6. The fourth-order valence-electron chi connectivity index (χ4n) is 6.81. The highest BCUT2D eigenvalue weighted by molar-refractivity contribution is 5.97. The average molecular weight is 620 g/mol. The monoisotopic (exact) mass is 619 g/mol. The van der Waals surface area contributed by atoms with Crippen LogP contribution < -0.4 is 21.3 Å². The lowest BCUT2D eigenvalue weighted by atomic mass is 9.72. The van der Waals surface area contributed by atoms with Gasteiger partial charge in [0.15, 0.2) is 0 Å². The van der Waals surface area contributed by atoms with Gasteiger partial charge in [-0.3, -0.25) is 19.3 Å². The summed E-state index contributed by atoms with van der Waals surface area (Å²) in [6.45, 7) is 8.84. The van der Waals surface area contributed by atoms with Crippen LogP contribution in [0.5, 0.6) is 0 Å². The second-order valence-corrected chi connectivity index (χ2v) is 13.9. The second kappa shape index (κ2) is 15.7. The Morgan fingerprint density at radius 2 is 1.62 bits per heavy atom. The fraction of sp³-hybridized carbons (Fsp3) is 0.583. The molecule has 3 amide bonds. The summed E-state index contributed by atoms with van der Waals surface area (Å²) in [5, 5.41) is 23.9. The van der Waals surface area contributed by atoms with Gasteiger partial charge >= 0.3 is 0 Å². The van der Waals surface area contributed by atoms with E-state index >= 15 is 0 Å². The molecule has 0 bridgehead atoms. The third-order valence-corrected chi connectivity index (χ3v) is 9.28. The third kappa shape index (κ3) is 9.78. The number of hydrogen-bond acceptors (Lipinski definition) is 6. The minimum Gasteiger partial charge on any atom is -0.390 e. The molecule has 9 nitrogen and oxygen atoms in total. The molecule has 2 fully saturated rings. The molecular weight excluding hydrogens is 566 g/mol. The predicted octanol–water partition coefficient (Wildman–Crippen LogP) is 4.12. The normalized spacial score (nSPS) is 22.3. The number of carbonyl (C=O) groups is 3. The molecule has 0 aromatic heterocycles. The number of β-amino-alcohol motifs (C(OH)–C–C–N with tert-alkyl or cyclic N) is 1. The number of aliphatic hydroxyl groups is 1. The van der Waals surface area contributed by atoms with Crippen molar-refractivity contribution >= 4 is 23.4 Å². The molecule has 6 atom stereocenters. The molecule has 45 heavy (non-hydrogen) atoms. The van der Waals surface area contributed by atoms with Gasteiger partial charge in [0.05, 0.1) is 18.2 Å². The van der Waals surface area contributed by atoms with E-state index in [1.165, 1.54) is 12.8 Å². The number of nitrogens with zero attached hydrogens (tertiary/aromatic N) is 1. The van der Waals surface area contributed by atoms with E-state index < -0.39 is 18.2 Å². The van der Waals surface area contributed by atoms with Crippen molar-refractivity contribution in [3.63, 3.8) is 0 Å². The molecular formula is C36H53N5O4. The molecule has 2 aromatic rings. The van der Waals surface area contributed by atoms with Gasteiger partial charge in [-0.05, 0) is 88.1 Å². The number of piperidine rings is 1. The number of benzene rings is 2. The van der Waals surface area contributed by atoms with Crippen molar-refractivity contribution in [3.05, 3.63) is 65.7 Å². The van der Waals surface area contributed by atoms with Crippen LogP contribution in [0.1, 0.15) is 82.1 Å². The average Bonchev–Trinajstić information content (AvgIpc) is 3.02. The van der Waals surface area contributed by atoms with E-state index in [9.17, 15) is 19.5 Å². The maximum absolute atomic E-state index is 13.6. The van der Waals surface area contributed by atoms with E-state index in [1.807, 2.05) is 77.2 Å². The van der Waals surface area contributed by atoms with Crippen LogP contribution in [-0.2, 0) is 16.0 Å². The Kier molecular flexibility index (Phi) is 12.0. The van der Waals surface area contributed by atoms with Gasteiger partial charge in [0, 0.05) is 36.9 Å². The Hall–Kier alpha value is -3.43. The molecule has 246 valence electrons. The summed E-state index contributed by atoms with van der Waals surface area (Å²) >= 11 is 0. The third-order valence-electron chi connectivity index (χ3n) is 9.28. The summed E-state index contributed by atoms with van der Waals surface area (Å²) in [7, 11) is 1.81. The van der Waals surface area contributed by atoms with Crippen LogP contribution in [0.15, 0.2) is 54.6 Å². The van der Waals surface area contributed by atoms with Crippen LogP contribution in [0, 0.1) is 11.8 Å². The highest BCUT2D eigenvalue weighted by Gasteiger charge is 2.42. The summed E-state index contributed by atoms with van der Waals surface area (Å²) in [5.74, 6) is 0.354. The van der Waals surface area contributed by atoms with Gasteiger partial charge in [-0.2, -0.15) is 0 Å². The fourth-order valence-corrected chi connectivity index (χ4v) is 6.81. The molecule has 0 radical (unpaired) electrons. The number of fused-ring (bicyclic) bond motifs is 1. The van der Waals surface area contributed by atoms with Crippen molar-refractivity contribution in [1.29, 1.82) is 0 Å². The summed E-state index contributed by atoms with van der Waals surface area (Å²) in [4.78, 5) is 42.3. The van der Waals surface area contributed by atoms with Crippen LogP contribution in [0.4, 0.5) is 5.69 Å². The highest BCUT2D eigenvalue weighted by Crippen LogP contribution is 2.39. The smallest absolute Gasteiger partial charge is 0.251 e. The van der Waals surface area contributed by atoms with Crippen molar-refractivity contribution in [2.45, 2.75) is 102 Å². The molecule has 5 N–H and O–H groups in total. The lowest BCUT2D eigenvalue weighted by Crippen LogP contribution is -2.61. The van der Waals surface area contributed by atoms with Crippen LogP contribution in [0.25, 0.3) is 0 Å². The number of hydrogen-bond donors (Lipinski definition) is 5. The molecule has 1 unspecified atom stereocenters. The van der Waals surface area contributed by atoms with Crippen LogP contribution in [0.2, 0.25) is 0 Å². The number of carbonyl (C=O) groups excluding carboxylic acids is 3. The minimum absolute atomic E-state index is 0.00104. The number of anilines is 1. The molecule has 1 aliphatic carbocycles. The van der Waals surface area contributed by atoms with Gasteiger partial charge in [-0.15, -0.1) is 0 Å². The Morgan fingerprint density at radius 3 is 2.24 bits per heavy atom. The van der Waals surface area contributed by atoms with Gasteiger partial charge in [0.25, 0.3) is 5.91 Å².